The zero-order chi connectivity index (χ0) is 13.2. The van der Waals surface area contributed by atoms with E-state index in [9.17, 15) is 9.59 Å². The molecule has 1 unspecified atom stereocenters. The molecule has 6 nitrogen and oxygen atoms in total. The number of nitrogens with one attached hydrogen (secondary N) is 3. The fourth-order valence-electron chi connectivity index (χ4n) is 1.90. The number of ether oxygens (including phenoxy) is 1. The van der Waals surface area contributed by atoms with Crippen LogP contribution in [0.5, 0.6) is 0 Å². The smallest absolute Gasteiger partial charge is 0.239 e. The second-order valence-electron chi connectivity index (χ2n) is 4.42. The molecule has 0 spiro atoms. The molecule has 1 aliphatic rings. The minimum absolute atomic E-state index is 0.0285. The summed E-state index contributed by atoms with van der Waals surface area (Å²) in [6.45, 7) is 1.84. The lowest BCUT2D eigenvalue weighted by molar-refractivity contribution is -0.127. The van der Waals surface area contributed by atoms with Crippen LogP contribution in [0, 0.1) is 0 Å². The Bertz CT molecular complexity index is 263. The van der Waals surface area contributed by atoms with Gasteiger partial charge >= 0.3 is 0 Å². The van der Waals surface area contributed by atoms with Gasteiger partial charge in [-0.15, -0.1) is 0 Å². The fraction of sp³-hybridized carbons (Fsp3) is 0.833. The van der Waals surface area contributed by atoms with Crippen LogP contribution in [-0.4, -0.2) is 51.2 Å². The van der Waals surface area contributed by atoms with Gasteiger partial charge in [0.1, 0.15) is 0 Å². The molecule has 0 aromatic rings. The van der Waals surface area contributed by atoms with E-state index in [0.29, 0.717) is 13.2 Å². The van der Waals surface area contributed by atoms with Crippen molar-refractivity contribution in [3.8, 4) is 0 Å². The first-order chi connectivity index (χ1) is 8.74. The quantitative estimate of drug-likeness (QED) is 0.555. The van der Waals surface area contributed by atoms with Crippen molar-refractivity contribution in [2.24, 2.45) is 0 Å². The van der Waals surface area contributed by atoms with Gasteiger partial charge in [0, 0.05) is 13.7 Å². The lowest BCUT2D eigenvalue weighted by Gasteiger charge is -2.15. The molecule has 0 aromatic carbocycles. The number of carbonyl (C=O) groups is 2. The zero-order valence-electron chi connectivity index (χ0n) is 11.0. The standard InChI is InChI=1S/C12H23N3O3/c1-18-8-7-14-11(16)9-15-12(17)10-5-3-2-4-6-13-10/h10,13H,2-9H2,1H3,(H,14,16)(H,15,17). The van der Waals surface area contributed by atoms with Crippen LogP contribution in [0.4, 0.5) is 0 Å². The average Bonchev–Trinajstić information content (AvgIpc) is 2.65. The minimum Gasteiger partial charge on any atom is -0.383 e. The Labute approximate surface area is 108 Å². The topological polar surface area (TPSA) is 79.5 Å². The Morgan fingerprint density at radius 2 is 2.11 bits per heavy atom. The van der Waals surface area contributed by atoms with Crippen molar-refractivity contribution in [1.82, 2.24) is 16.0 Å². The Morgan fingerprint density at radius 3 is 2.89 bits per heavy atom. The molecule has 1 rings (SSSR count). The fourth-order valence-corrected chi connectivity index (χ4v) is 1.90. The molecule has 18 heavy (non-hydrogen) atoms. The molecule has 1 aliphatic heterocycles. The molecule has 1 heterocycles. The molecule has 0 aromatic heterocycles. The monoisotopic (exact) mass is 257 g/mol. The summed E-state index contributed by atoms with van der Waals surface area (Å²) in [7, 11) is 1.58. The second-order valence-corrected chi connectivity index (χ2v) is 4.42. The molecular formula is C12H23N3O3. The van der Waals surface area contributed by atoms with Crippen molar-refractivity contribution in [1.29, 1.82) is 0 Å². The summed E-state index contributed by atoms with van der Waals surface area (Å²) in [6.07, 6.45) is 4.18. The van der Waals surface area contributed by atoms with E-state index in [-0.39, 0.29) is 24.4 Å². The predicted octanol–water partition coefficient (Wildman–Crippen LogP) is -0.603. The van der Waals surface area contributed by atoms with Crippen LogP contribution >= 0.6 is 0 Å². The van der Waals surface area contributed by atoms with Gasteiger partial charge in [0.25, 0.3) is 0 Å². The second kappa shape index (κ2) is 8.88. The molecule has 2 amide bonds. The summed E-state index contributed by atoms with van der Waals surface area (Å²) < 4.78 is 4.81. The number of amides is 2. The Kier molecular flexibility index (Phi) is 7.36. The van der Waals surface area contributed by atoms with E-state index in [0.717, 1.165) is 32.2 Å². The molecule has 0 bridgehead atoms. The van der Waals surface area contributed by atoms with E-state index in [4.69, 9.17) is 4.74 Å². The van der Waals surface area contributed by atoms with Gasteiger partial charge in [-0.05, 0) is 19.4 Å². The van der Waals surface area contributed by atoms with E-state index >= 15 is 0 Å². The third-order valence-corrected chi connectivity index (χ3v) is 2.93. The molecule has 0 radical (unpaired) electrons. The minimum atomic E-state index is -0.186. The van der Waals surface area contributed by atoms with Gasteiger partial charge in [-0.3, -0.25) is 9.59 Å². The molecule has 1 saturated heterocycles. The highest BCUT2D eigenvalue weighted by Gasteiger charge is 2.19. The molecule has 1 atom stereocenters. The van der Waals surface area contributed by atoms with Crippen molar-refractivity contribution in [2.75, 3.05) is 33.4 Å². The maximum absolute atomic E-state index is 11.8. The van der Waals surface area contributed by atoms with Crippen molar-refractivity contribution in [2.45, 2.75) is 31.7 Å². The van der Waals surface area contributed by atoms with Crippen LogP contribution in [0.25, 0.3) is 0 Å². The van der Waals surface area contributed by atoms with Crippen LogP contribution in [0.15, 0.2) is 0 Å². The normalized spacial score (nSPS) is 19.9. The maximum atomic E-state index is 11.8. The Hall–Kier alpha value is -1.14. The lowest BCUT2D eigenvalue weighted by atomic mass is 10.1. The van der Waals surface area contributed by atoms with Gasteiger partial charge < -0.3 is 20.7 Å². The highest BCUT2D eigenvalue weighted by molar-refractivity contribution is 5.87. The van der Waals surface area contributed by atoms with Crippen LogP contribution in [0.2, 0.25) is 0 Å². The van der Waals surface area contributed by atoms with Crippen molar-refractivity contribution >= 4 is 11.8 Å². The van der Waals surface area contributed by atoms with E-state index in [1.165, 1.54) is 0 Å². The number of carbonyl (C=O) groups excluding carboxylic acids is 2. The third kappa shape index (κ3) is 5.97. The van der Waals surface area contributed by atoms with E-state index < -0.39 is 0 Å². The summed E-state index contributed by atoms with van der Waals surface area (Å²) in [4.78, 5) is 23.2. The molecule has 104 valence electrons. The number of methoxy groups -OCH3 is 1. The predicted molar refractivity (Wildman–Crippen MR) is 68.2 cm³/mol. The van der Waals surface area contributed by atoms with Crippen LogP contribution in [-0.2, 0) is 14.3 Å². The summed E-state index contributed by atoms with van der Waals surface area (Å²) in [5.41, 5.74) is 0. The summed E-state index contributed by atoms with van der Waals surface area (Å²) in [5.74, 6) is -0.271. The summed E-state index contributed by atoms with van der Waals surface area (Å²) in [5, 5.41) is 8.50. The van der Waals surface area contributed by atoms with Crippen molar-refractivity contribution < 1.29 is 14.3 Å². The van der Waals surface area contributed by atoms with E-state index in [2.05, 4.69) is 16.0 Å². The van der Waals surface area contributed by atoms with Gasteiger partial charge in [-0.1, -0.05) is 12.8 Å². The first-order valence-corrected chi connectivity index (χ1v) is 6.50. The Balaban J connectivity index is 2.16. The number of hydrogen-bond acceptors (Lipinski definition) is 4. The average molecular weight is 257 g/mol. The lowest BCUT2D eigenvalue weighted by Crippen LogP contribution is -2.47. The van der Waals surface area contributed by atoms with Gasteiger partial charge in [0.15, 0.2) is 0 Å². The van der Waals surface area contributed by atoms with Crippen LogP contribution in [0.1, 0.15) is 25.7 Å². The first-order valence-electron chi connectivity index (χ1n) is 6.50. The molecule has 0 aliphatic carbocycles. The largest absolute Gasteiger partial charge is 0.383 e. The highest BCUT2D eigenvalue weighted by atomic mass is 16.5. The van der Waals surface area contributed by atoms with E-state index in [1.807, 2.05) is 0 Å². The first kappa shape index (κ1) is 14.9. The van der Waals surface area contributed by atoms with Gasteiger partial charge in [-0.2, -0.15) is 0 Å². The van der Waals surface area contributed by atoms with Gasteiger partial charge in [-0.25, -0.2) is 0 Å². The number of rotatable bonds is 6. The van der Waals surface area contributed by atoms with E-state index in [1.54, 1.807) is 7.11 Å². The third-order valence-electron chi connectivity index (χ3n) is 2.93. The highest BCUT2D eigenvalue weighted by Crippen LogP contribution is 2.08. The maximum Gasteiger partial charge on any atom is 0.239 e. The number of hydrogen-bond donors (Lipinski definition) is 3. The van der Waals surface area contributed by atoms with Crippen LogP contribution in [0.3, 0.4) is 0 Å². The summed E-state index contributed by atoms with van der Waals surface area (Å²) in [6, 6.07) is -0.153. The van der Waals surface area contributed by atoms with Crippen molar-refractivity contribution in [3.05, 3.63) is 0 Å². The van der Waals surface area contributed by atoms with Gasteiger partial charge in [0.2, 0.25) is 11.8 Å². The van der Waals surface area contributed by atoms with Crippen LogP contribution < -0.4 is 16.0 Å². The molecule has 3 N–H and O–H groups in total. The molecule has 1 fully saturated rings. The molecule has 0 saturated carbocycles. The van der Waals surface area contributed by atoms with Crippen molar-refractivity contribution in [3.63, 3.8) is 0 Å². The molecule has 6 heteroatoms. The SMILES string of the molecule is COCCNC(=O)CNC(=O)C1CCCCCN1. The Morgan fingerprint density at radius 1 is 1.28 bits per heavy atom. The zero-order valence-corrected chi connectivity index (χ0v) is 11.0. The summed E-state index contributed by atoms with van der Waals surface area (Å²) >= 11 is 0. The molecular weight excluding hydrogens is 234 g/mol. The van der Waals surface area contributed by atoms with Gasteiger partial charge in [0.05, 0.1) is 19.2 Å².